The first-order valence-electron chi connectivity index (χ1n) is 6.47. The summed E-state index contributed by atoms with van der Waals surface area (Å²) < 4.78 is 5.55. The minimum absolute atomic E-state index is 0.143. The van der Waals surface area contributed by atoms with Crippen LogP contribution in [0.4, 0.5) is 0 Å². The van der Waals surface area contributed by atoms with Crippen molar-refractivity contribution in [2.75, 3.05) is 0 Å². The molecule has 2 N–H and O–H groups in total. The molecule has 5 nitrogen and oxygen atoms in total. The highest BCUT2D eigenvalue weighted by molar-refractivity contribution is 5.82. The van der Waals surface area contributed by atoms with Gasteiger partial charge < -0.3 is 15.2 Å². The summed E-state index contributed by atoms with van der Waals surface area (Å²) in [4.78, 5) is 22.7. The van der Waals surface area contributed by atoms with E-state index in [-0.39, 0.29) is 12.3 Å². The van der Waals surface area contributed by atoms with Gasteiger partial charge in [0, 0.05) is 5.54 Å². The lowest BCUT2D eigenvalue weighted by Crippen LogP contribution is -2.49. The maximum atomic E-state index is 12.0. The fourth-order valence-electron chi connectivity index (χ4n) is 1.80. The Morgan fingerprint density at radius 3 is 2.60 bits per heavy atom. The van der Waals surface area contributed by atoms with Crippen LogP contribution in [0.2, 0.25) is 0 Å². The summed E-state index contributed by atoms with van der Waals surface area (Å²) in [6.45, 7) is 6.90. The molecule has 20 heavy (non-hydrogen) atoms. The third kappa shape index (κ3) is 5.30. The molecule has 0 aliphatic rings. The molecule has 1 amide bonds. The van der Waals surface area contributed by atoms with E-state index in [1.54, 1.807) is 26.8 Å². The fourth-order valence-corrected chi connectivity index (χ4v) is 1.80. The first-order valence-corrected chi connectivity index (χ1v) is 6.47. The second-order valence-corrected chi connectivity index (χ2v) is 5.52. The minimum Gasteiger partial charge on any atom is -0.481 e. The van der Waals surface area contributed by atoms with Gasteiger partial charge in [0.25, 0.3) is 5.91 Å². The Kier molecular flexibility index (Phi) is 5.13. The van der Waals surface area contributed by atoms with Crippen LogP contribution in [0.1, 0.15) is 32.8 Å². The number of aryl methyl sites for hydroxylation is 1. The summed E-state index contributed by atoms with van der Waals surface area (Å²) in [5, 5.41) is 11.5. The molecule has 0 radical (unpaired) electrons. The molecular formula is C15H21NO4. The van der Waals surface area contributed by atoms with Crippen LogP contribution < -0.4 is 10.1 Å². The molecule has 0 heterocycles. The Balaban J connectivity index is 2.61. The molecule has 5 heteroatoms. The molecule has 0 bridgehead atoms. The molecule has 110 valence electrons. The zero-order valence-corrected chi connectivity index (χ0v) is 12.3. The van der Waals surface area contributed by atoms with E-state index in [0.29, 0.717) is 5.75 Å². The summed E-state index contributed by atoms with van der Waals surface area (Å²) in [6, 6.07) is 7.41. The highest BCUT2D eigenvalue weighted by Gasteiger charge is 2.26. The Hall–Kier alpha value is -2.04. The molecule has 1 aromatic carbocycles. The Morgan fingerprint density at radius 2 is 2.05 bits per heavy atom. The van der Waals surface area contributed by atoms with E-state index in [2.05, 4.69) is 5.32 Å². The van der Waals surface area contributed by atoms with Crippen LogP contribution in [0.3, 0.4) is 0 Å². The molecule has 0 fully saturated rings. The Morgan fingerprint density at radius 1 is 1.40 bits per heavy atom. The summed E-state index contributed by atoms with van der Waals surface area (Å²) in [6.07, 6.45) is -0.833. The lowest BCUT2D eigenvalue weighted by molar-refractivity contribution is -0.139. The van der Waals surface area contributed by atoms with E-state index >= 15 is 0 Å². The summed E-state index contributed by atoms with van der Waals surface area (Å²) in [5.41, 5.74) is 0.231. The molecule has 1 unspecified atom stereocenters. The van der Waals surface area contributed by atoms with Gasteiger partial charge >= 0.3 is 5.97 Å². The third-order valence-electron chi connectivity index (χ3n) is 2.73. The zero-order valence-electron chi connectivity index (χ0n) is 12.3. The Bertz CT molecular complexity index is 496. The van der Waals surface area contributed by atoms with Crippen molar-refractivity contribution in [1.82, 2.24) is 5.32 Å². The number of carboxylic acid groups (broad SMARTS) is 1. The second kappa shape index (κ2) is 6.41. The van der Waals surface area contributed by atoms with Crippen molar-refractivity contribution in [2.45, 2.75) is 45.8 Å². The van der Waals surface area contributed by atoms with Gasteiger partial charge in [-0.15, -0.1) is 0 Å². The number of rotatable bonds is 6. The number of ether oxygens (including phenoxy) is 1. The molecule has 0 saturated carbocycles. The molecule has 1 rings (SSSR count). The van der Waals surface area contributed by atoms with Gasteiger partial charge in [-0.1, -0.05) is 12.1 Å². The van der Waals surface area contributed by atoms with Crippen molar-refractivity contribution >= 4 is 11.9 Å². The van der Waals surface area contributed by atoms with Crippen LogP contribution in [0.15, 0.2) is 24.3 Å². The van der Waals surface area contributed by atoms with Crippen molar-refractivity contribution in [3.05, 3.63) is 29.8 Å². The average Bonchev–Trinajstić information content (AvgIpc) is 2.26. The number of hydrogen-bond donors (Lipinski definition) is 2. The monoisotopic (exact) mass is 279 g/mol. The first kappa shape index (κ1) is 16.0. The topological polar surface area (TPSA) is 75.6 Å². The molecule has 0 saturated heterocycles. The van der Waals surface area contributed by atoms with Crippen molar-refractivity contribution < 1.29 is 19.4 Å². The maximum absolute atomic E-state index is 12.0. The maximum Gasteiger partial charge on any atom is 0.305 e. The molecule has 0 aliphatic heterocycles. The van der Waals surface area contributed by atoms with Gasteiger partial charge in [0.05, 0.1) is 6.42 Å². The van der Waals surface area contributed by atoms with Crippen LogP contribution in [-0.4, -0.2) is 28.6 Å². The molecule has 0 spiro atoms. The number of carbonyl (C=O) groups excluding carboxylic acids is 1. The van der Waals surface area contributed by atoms with E-state index in [1.165, 1.54) is 0 Å². The minimum atomic E-state index is -0.956. The van der Waals surface area contributed by atoms with E-state index in [1.807, 2.05) is 25.1 Å². The second-order valence-electron chi connectivity index (χ2n) is 5.52. The predicted octanol–water partition coefficient (Wildman–Crippen LogP) is 2.13. The highest BCUT2D eigenvalue weighted by Crippen LogP contribution is 2.15. The van der Waals surface area contributed by atoms with Gasteiger partial charge in [0.2, 0.25) is 0 Å². The van der Waals surface area contributed by atoms with E-state index < -0.39 is 17.6 Å². The molecule has 0 aromatic heterocycles. The number of amides is 1. The molecule has 0 aliphatic carbocycles. The van der Waals surface area contributed by atoms with Crippen molar-refractivity contribution in [1.29, 1.82) is 0 Å². The lowest BCUT2D eigenvalue weighted by atomic mass is 10.0. The van der Waals surface area contributed by atoms with E-state index in [4.69, 9.17) is 9.84 Å². The zero-order chi connectivity index (χ0) is 15.3. The van der Waals surface area contributed by atoms with Gasteiger partial charge in [0.15, 0.2) is 6.10 Å². The fraction of sp³-hybridized carbons (Fsp3) is 0.467. The van der Waals surface area contributed by atoms with Crippen molar-refractivity contribution in [2.24, 2.45) is 0 Å². The van der Waals surface area contributed by atoms with Crippen LogP contribution in [0.25, 0.3) is 0 Å². The number of nitrogens with one attached hydrogen (secondary N) is 1. The molecule has 1 aromatic rings. The highest BCUT2D eigenvalue weighted by atomic mass is 16.5. The standard InChI is InChI=1S/C15H21NO4/c1-10-6-5-7-12(8-10)20-11(2)14(19)16-15(3,4)9-13(17)18/h5-8,11H,9H2,1-4H3,(H,16,19)(H,17,18). The molecular weight excluding hydrogens is 258 g/mol. The van der Waals surface area contributed by atoms with Crippen molar-refractivity contribution in [3.63, 3.8) is 0 Å². The quantitative estimate of drug-likeness (QED) is 0.836. The molecule has 1 atom stereocenters. The normalized spacial score (nSPS) is 12.6. The summed E-state index contributed by atoms with van der Waals surface area (Å²) in [5.74, 6) is -0.677. The SMILES string of the molecule is Cc1cccc(OC(C)C(=O)NC(C)(C)CC(=O)O)c1. The van der Waals surface area contributed by atoms with Crippen LogP contribution in [-0.2, 0) is 9.59 Å². The van der Waals surface area contributed by atoms with E-state index in [0.717, 1.165) is 5.56 Å². The lowest BCUT2D eigenvalue weighted by Gasteiger charge is -2.26. The number of benzene rings is 1. The Labute approximate surface area is 118 Å². The predicted molar refractivity (Wildman–Crippen MR) is 75.7 cm³/mol. The number of aliphatic carboxylic acids is 1. The first-order chi connectivity index (χ1) is 9.19. The van der Waals surface area contributed by atoms with Crippen molar-refractivity contribution in [3.8, 4) is 5.75 Å². The number of hydrogen-bond acceptors (Lipinski definition) is 3. The van der Waals surface area contributed by atoms with Gasteiger partial charge in [-0.3, -0.25) is 9.59 Å². The third-order valence-corrected chi connectivity index (χ3v) is 2.73. The van der Waals surface area contributed by atoms with Crippen LogP contribution in [0.5, 0.6) is 5.75 Å². The van der Waals surface area contributed by atoms with Gasteiger partial charge in [-0.05, 0) is 45.4 Å². The smallest absolute Gasteiger partial charge is 0.305 e. The summed E-state index contributed by atoms with van der Waals surface area (Å²) in [7, 11) is 0. The van der Waals surface area contributed by atoms with E-state index in [9.17, 15) is 9.59 Å². The number of carbonyl (C=O) groups is 2. The van der Waals surface area contributed by atoms with Gasteiger partial charge in [-0.2, -0.15) is 0 Å². The van der Waals surface area contributed by atoms with Crippen LogP contribution in [0, 0.1) is 6.92 Å². The van der Waals surface area contributed by atoms with Gasteiger partial charge in [-0.25, -0.2) is 0 Å². The van der Waals surface area contributed by atoms with Gasteiger partial charge in [0.1, 0.15) is 5.75 Å². The number of carboxylic acids is 1. The summed E-state index contributed by atoms with van der Waals surface area (Å²) >= 11 is 0. The average molecular weight is 279 g/mol. The van der Waals surface area contributed by atoms with Crippen LogP contribution >= 0.6 is 0 Å². The largest absolute Gasteiger partial charge is 0.481 e.